The lowest BCUT2D eigenvalue weighted by Crippen LogP contribution is -2.45. The summed E-state index contributed by atoms with van der Waals surface area (Å²) in [6, 6.07) is 9.47. The van der Waals surface area contributed by atoms with Gasteiger partial charge in [-0.1, -0.05) is 50.5 Å². The first-order valence-corrected chi connectivity index (χ1v) is 8.56. The lowest BCUT2D eigenvalue weighted by molar-refractivity contribution is 0.0101. The highest BCUT2D eigenvalue weighted by Gasteiger charge is 2.29. The van der Waals surface area contributed by atoms with Crippen molar-refractivity contribution in [2.45, 2.75) is 64.0 Å². The van der Waals surface area contributed by atoms with E-state index in [4.69, 9.17) is 4.74 Å². The summed E-state index contributed by atoms with van der Waals surface area (Å²) in [5, 5.41) is 3.50. The van der Waals surface area contributed by atoms with Crippen LogP contribution in [0.1, 0.15) is 50.2 Å². The number of aryl methyl sites for hydroxylation is 1. The molecule has 0 amide bonds. The van der Waals surface area contributed by atoms with Gasteiger partial charge in [-0.15, -0.1) is 0 Å². The Kier molecular flexibility index (Phi) is 6.72. The van der Waals surface area contributed by atoms with E-state index in [0.29, 0.717) is 12.1 Å². The highest BCUT2D eigenvalue weighted by molar-refractivity contribution is 5.23. The smallest absolute Gasteiger partial charge is 0.0755 e. The maximum Gasteiger partial charge on any atom is 0.0755 e. The third kappa shape index (κ3) is 4.55. The van der Waals surface area contributed by atoms with Gasteiger partial charge < -0.3 is 10.1 Å². The Morgan fingerprint density at radius 3 is 2.24 bits per heavy atom. The van der Waals surface area contributed by atoms with Gasteiger partial charge >= 0.3 is 0 Å². The van der Waals surface area contributed by atoms with E-state index in [-0.39, 0.29) is 0 Å². The van der Waals surface area contributed by atoms with Crippen LogP contribution in [-0.4, -0.2) is 26.3 Å². The Bertz CT molecular complexity index is 395. The molecule has 1 N–H and O–H groups in total. The van der Waals surface area contributed by atoms with Gasteiger partial charge in [0, 0.05) is 13.2 Å². The zero-order valence-electron chi connectivity index (χ0n) is 13.9. The molecule has 1 aliphatic carbocycles. The van der Waals surface area contributed by atoms with Gasteiger partial charge in [0.25, 0.3) is 0 Å². The third-order valence-electron chi connectivity index (χ3n) is 5.04. The minimum atomic E-state index is 0.334. The molecular formula is C19H31NO. The second-order valence-corrected chi connectivity index (χ2v) is 6.37. The normalized spacial score (nSPS) is 19.4. The van der Waals surface area contributed by atoms with E-state index < -0.39 is 0 Å². The fourth-order valence-electron chi connectivity index (χ4n) is 3.70. The van der Waals surface area contributed by atoms with Crippen LogP contribution in [0.5, 0.6) is 0 Å². The van der Waals surface area contributed by atoms with E-state index in [0.717, 1.165) is 18.8 Å². The number of methoxy groups -OCH3 is 1. The molecule has 0 spiro atoms. The molecule has 0 aromatic heterocycles. The van der Waals surface area contributed by atoms with Crippen molar-refractivity contribution in [3.05, 3.63) is 35.4 Å². The highest BCUT2D eigenvalue weighted by Crippen LogP contribution is 2.30. The summed E-state index contributed by atoms with van der Waals surface area (Å²) in [7, 11) is 3.95. The fourth-order valence-corrected chi connectivity index (χ4v) is 3.70. The van der Waals surface area contributed by atoms with Crippen molar-refractivity contribution in [3.8, 4) is 0 Å². The fraction of sp³-hybridized carbons (Fsp3) is 0.684. The molecule has 1 aliphatic rings. The number of hydrogen-bond acceptors (Lipinski definition) is 2. The van der Waals surface area contributed by atoms with E-state index in [1.807, 2.05) is 7.11 Å². The highest BCUT2D eigenvalue weighted by atomic mass is 16.5. The molecule has 2 unspecified atom stereocenters. The molecule has 0 saturated heterocycles. The van der Waals surface area contributed by atoms with E-state index in [9.17, 15) is 0 Å². The summed E-state index contributed by atoms with van der Waals surface area (Å²) in [6.45, 7) is 2.20. The van der Waals surface area contributed by atoms with Crippen LogP contribution in [0.25, 0.3) is 0 Å². The number of hydrogen-bond donors (Lipinski definition) is 1. The molecule has 118 valence electrons. The van der Waals surface area contributed by atoms with E-state index in [2.05, 4.69) is 43.6 Å². The lowest BCUT2D eigenvalue weighted by atomic mass is 9.81. The number of likely N-dealkylation sites (N-methyl/N-ethyl adjacent to an activating group) is 1. The largest absolute Gasteiger partial charge is 0.380 e. The quantitative estimate of drug-likeness (QED) is 0.820. The molecule has 0 radical (unpaired) electrons. The van der Waals surface area contributed by atoms with E-state index in [1.165, 1.54) is 43.2 Å². The average Bonchev–Trinajstić information content (AvgIpc) is 2.56. The van der Waals surface area contributed by atoms with Crippen LogP contribution in [0.15, 0.2) is 24.3 Å². The maximum absolute atomic E-state index is 5.90. The molecule has 0 aliphatic heterocycles. The van der Waals surface area contributed by atoms with E-state index in [1.54, 1.807) is 0 Å². The van der Waals surface area contributed by atoms with Crippen LogP contribution in [0.4, 0.5) is 0 Å². The van der Waals surface area contributed by atoms with Crippen molar-refractivity contribution in [1.29, 1.82) is 0 Å². The standard InChI is InChI=1S/C19H31NO/c1-4-15-10-12-16(13-11-15)14-18(20-2)19(21-3)17-8-6-5-7-9-17/h10-13,17-20H,4-9,14H2,1-3H3. The van der Waals surface area contributed by atoms with Crippen LogP contribution in [0, 0.1) is 5.92 Å². The molecule has 1 aromatic carbocycles. The minimum Gasteiger partial charge on any atom is -0.380 e. The van der Waals surface area contributed by atoms with Gasteiger partial charge in [-0.05, 0) is 49.8 Å². The summed E-state index contributed by atoms with van der Waals surface area (Å²) in [4.78, 5) is 0. The summed E-state index contributed by atoms with van der Waals surface area (Å²) in [5.74, 6) is 0.719. The van der Waals surface area contributed by atoms with Crippen LogP contribution in [0.2, 0.25) is 0 Å². The Balaban J connectivity index is 2.01. The average molecular weight is 289 g/mol. The molecule has 2 rings (SSSR count). The van der Waals surface area contributed by atoms with Gasteiger partial charge in [0.2, 0.25) is 0 Å². The van der Waals surface area contributed by atoms with Crippen LogP contribution >= 0.6 is 0 Å². The second-order valence-electron chi connectivity index (χ2n) is 6.37. The van der Waals surface area contributed by atoms with Crippen molar-refractivity contribution in [3.63, 3.8) is 0 Å². The molecule has 1 fully saturated rings. The number of ether oxygens (including phenoxy) is 1. The third-order valence-corrected chi connectivity index (χ3v) is 5.04. The monoisotopic (exact) mass is 289 g/mol. The summed E-state index contributed by atoms with van der Waals surface area (Å²) >= 11 is 0. The first-order valence-electron chi connectivity index (χ1n) is 8.56. The van der Waals surface area contributed by atoms with Crippen LogP contribution in [-0.2, 0) is 17.6 Å². The summed E-state index contributed by atoms with van der Waals surface area (Å²) in [5.41, 5.74) is 2.82. The van der Waals surface area contributed by atoms with Crippen molar-refractivity contribution in [1.82, 2.24) is 5.32 Å². The van der Waals surface area contributed by atoms with E-state index >= 15 is 0 Å². The number of rotatable bonds is 7. The zero-order chi connectivity index (χ0) is 15.1. The first kappa shape index (κ1) is 16.5. The molecule has 2 heteroatoms. The van der Waals surface area contributed by atoms with Gasteiger partial charge in [0.1, 0.15) is 0 Å². The Morgan fingerprint density at radius 1 is 1.10 bits per heavy atom. The Labute approximate surface area is 130 Å². The summed E-state index contributed by atoms with van der Waals surface area (Å²) in [6.07, 6.45) is 9.28. The molecule has 1 aromatic rings. The summed E-state index contributed by atoms with van der Waals surface area (Å²) < 4.78 is 5.90. The SMILES string of the molecule is CCc1ccc(CC(NC)C(OC)C2CCCCC2)cc1. The minimum absolute atomic E-state index is 0.334. The van der Waals surface area contributed by atoms with Crippen molar-refractivity contribution in [2.75, 3.05) is 14.2 Å². The number of benzene rings is 1. The predicted octanol–water partition coefficient (Wildman–Crippen LogP) is 3.97. The molecule has 0 heterocycles. The van der Waals surface area contributed by atoms with Crippen LogP contribution < -0.4 is 5.32 Å². The maximum atomic E-state index is 5.90. The molecule has 0 bridgehead atoms. The molecule has 2 nitrogen and oxygen atoms in total. The van der Waals surface area contributed by atoms with Gasteiger partial charge in [-0.3, -0.25) is 0 Å². The molecular weight excluding hydrogens is 258 g/mol. The second kappa shape index (κ2) is 8.55. The van der Waals surface area contributed by atoms with Gasteiger partial charge in [-0.25, -0.2) is 0 Å². The molecule has 21 heavy (non-hydrogen) atoms. The molecule has 1 saturated carbocycles. The van der Waals surface area contributed by atoms with Crippen molar-refractivity contribution >= 4 is 0 Å². The Morgan fingerprint density at radius 2 is 1.71 bits per heavy atom. The van der Waals surface area contributed by atoms with Crippen molar-refractivity contribution in [2.24, 2.45) is 5.92 Å². The van der Waals surface area contributed by atoms with Crippen LogP contribution in [0.3, 0.4) is 0 Å². The van der Waals surface area contributed by atoms with Gasteiger partial charge in [-0.2, -0.15) is 0 Å². The lowest BCUT2D eigenvalue weighted by Gasteiger charge is -2.35. The first-order chi connectivity index (χ1) is 10.3. The van der Waals surface area contributed by atoms with Gasteiger partial charge in [0.05, 0.1) is 6.10 Å². The number of nitrogens with one attached hydrogen (secondary N) is 1. The van der Waals surface area contributed by atoms with Gasteiger partial charge in [0.15, 0.2) is 0 Å². The molecule has 2 atom stereocenters. The zero-order valence-corrected chi connectivity index (χ0v) is 13.9. The van der Waals surface area contributed by atoms with Crippen molar-refractivity contribution < 1.29 is 4.74 Å². The predicted molar refractivity (Wildman–Crippen MR) is 89.7 cm³/mol. The topological polar surface area (TPSA) is 21.3 Å². The Hall–Kier alpha value is -0.860.